The maximum absolute atomic E-state index is 8.68. The van der Waals surface area contributed by atoms with Crippen molar-refractivity contribution in [3.05, 3.63) is 35.5 Å². The summed E-state index contributed by atoms with van der Waals surface area (Å²) in [7, 11) is 2.17. The molecule has 0 aromatic heterocycles. The number of anilines is 1. The number of nitrogens with one attached hydrogen (secondary N) is 3. The van der Waals surface area contributed by atoms with Gasteiger partial charge in [-0.25, -0.2) is 0 Å². The van der Waals surface area contributed by atoms with Gasteiger partial charge in [-0.15, -0.1) is 0 Å². The molecule has 0 radical (unpaired) electrons. The van der Waals surface area contributed by atoms with E-state index in [1.165, 1.54) is 17.7 Å². The third-order valence-electron chi connectivity index (χ3n) is 6.64. The molecule has 3 N–H and O–H groups in total. The van der Waals surface area contributed by atoms with Crippen LogP contribution in [0.4, 0.5) is 5.69 Å². The minimum Gasteiger partial charge on any atom is -0.489 e. The lowest BCUT2D eigenvalue weighted by Crippen LogP contribution is -2.37. The fourth-order valence-corrected chi connectivity index (χ4v) is 4.32. The van der Waals surface area contributed by atoms with Crippen molar-refractivity contribution in [1.29, 1.82) is 5.41 Å². The molecule has 0 amide bonds. The van der Waals surface area contributed by atoms with Gasteiger partial charge >= 0.3 is 0 Å². The van der Waals surface area contributed by atoms with Crippen molar-refractivity contribution in [2.24, 2.45) is 0 Å². The van der Waals surface area contributed by atoms with Crippen molar-refractivity contribution in [3.63, 3.8) is 0 Å². The van der Waals surface area contributed by atoms with Crippen LogP contribution in [-0.4, -0.2) is 44.0 Å². The van der Waals surface area contributed by atoms with Crippen molar-refractivity contribution >= 4 is 11.4 Å². The lowest BCUT2D eigenvalue weighted by Gasteiger charge is -2.37. The maximum Gasteiger partial charge on any atom is 0.134 e. The van der Waals surface area contributed by atoms with Gasteiger partial charge in [-0.3, -0.25) is 0 Å². The first-order valence-corrected chi connectivity index (χ1v) is 10.9. The number of allylic oxidation sites excluding steroid dienone is 1. The number of hydrogen-bond acceptors (Lipinski definition) is 5. The lowest BCUT2D eigenvalue weighted by molar-refractivity contribution is 0.118. The van der Waals surface area contributed by atoms with Crippen molar-refractivity contribution in [2.75, 3.05) is 25.0 Å². The molecule has 1 saturated heterocycles. The first kappa shape index (κ1) is 19.3. The third-order valence-corrected chi connectivity index (χ3v) is 6.64. The standard InChI is InChI=1S/C23H34N4O/c1-16-6-7-20-22(27(16)2)9-8-19(23(20)28-18-4-3-5-18)21(24)12-15-26-17-10-13-25-14-11-17/h8-9,12,15-18,24-26H,3-7,10-11,13-14H2,1-2H3/b15-12-,24-21?. The normalized spacial score (nSPS) is 23.4. The van der Waals surface area contributed by atoms with Crippen LogP contribution < -0.4 is 20.3 Å². The van der Waals surface area contributed by atoms with E-state index in [1.807, 2.05) is 12.3 Å². The zero-order chi connectivity index (χ0) is 19.5. The summed E-state index contributed by atoms with van der Waals surface area (Å²) in [4.78, 5) is 2.36. The van der Waals surface area contributed by atoms with Crippen LogP contribution in [0, 0.1) is 5.41 Å². The van der Waals surface area contributed by atoms with Gasteiger partial charge in [0.2, 0.25) is 0 Å². The van der Waals surface area contributed by atoms with Crippen molar-refractivity contribution in [2.45, 2.75) is 70.1 Å². The van der Waals surface area contributed by atoms with E-state index < -0.39 is 0 Å². The van der Waals surface area contributed by atoms with Crippen LogP contribution in [0.3, 0.4) is 0 Å². The molecular weight excluding hydrogens is 348 g/mol. The van der Waals surface area contributed by atoms with Gasteiger partial charge in [0.1, 0.15) is 5.75 Å². The van der Waals surface area contributed by atoms with E-state index in [0.717, 1.165) is 62.9 Å². The molecule has 1 aliphatic carbocycles. The van der Waals surface area contributed by atoms with Gasteiger partial charge in [0.25, 0.3) is 0 Å². The lowest BCUT2D eigenvalue weighted by atomic mass is 9.91. The van der Waals surface area contributed by atoms with E-state index in [1.54, 1.807) is 0 Å². The molecule has 2 aliphatic heterocycles. The molecule has 2 heterocycles. The predicted octanol–water partition coefficient (Wildman–Crippen LogP) is 3.61. The molecule has 1 unspecified atom stereocenters. The van der Waals surface area contributed by atoms with Crippen LogP contribution in [0.2, 0.25) is 0 Å². The number of piperidine rings is 1. The molecule has 1 saturated carbocycles. The van der Waals surface area contributed by atoms with E-state index in [2.05, 4.69) is 41.6 Å². The number of nitrogens with zero attached hydrogens (tertiary/aromatic N) is 1. The summed E-state index contributed by atoms with van der Waals surface area (Å²) in [5, 5.41) is 15.5. The van der Waals surface area contributed by atoms with Gasteiger partial charge in [0.05, 0.1) is 11.8 Å². The fraction of sp³-hybridized carbons (Fsp3) is 0.609. The van der Waals surface area contributed by atoms with Crippen LogP contribution in [-0.2, 0) is 6.42 Å². The number of benzene rings is 1. The number of ether oxygens (including phenoxy) is 1. The topological polar surface area (TPSA) is 60.4 Å². The van der Waals surface area contributed by atoms with Crippen LogP contribution in [0.1, 0.15) is 56.6 Å². The Balaban J connectivity index is 1.55. The monoisotopic (exact) mass is 382 g/mol. The number of rotatable bonds is 6. The molecule has 0 spiro atoms. The van der Waals surface area contributed by atoms with E-state index in [4.69, 9.17) is 10.1 Å². The second-order valence-corrected chi connectivity index (χ2v) is 8.55. The van der Waals surface area contributed by atoms with Gasteiger partial charge in [-0.2, -0.15) is 0 Å². The summed E-state index contributed by atoms with van der Waals surface area (Å²) >= 11 is 0. The predicted molar refractivity (Wildman–Crippen MR) is 116 cm³/mol. The molecule has 0 bridgehead atoms. The van der Waals surface area contributed by atoms with Crippen molar-refractivity contribution in [1.82, 2.24) is 10.6 Å². The first-order valence-electron chi connectivity index (χ1n) is 10.9. The Morgan fingerprint density at radius 3 is 2.71 bits per heavy atom. The Morgan fingerprint density at radius 1 is 1.21 bits per heavy atom. The Labute approximate surface area is 169 Å². The van der Waals surface area contributed by atoms with Gasteiger partial charge in [-0.1, -0.05) is 0 Å². The largest absolute Gasteiger partial charge is 0.489 e. The smallest absolute Gasteiger partial charge is 0.134 e. The molecule has 1 aromatic rings. The zero-order valence-electron chi connectivity index (χ0n) is 17.3. The Bertz CT molecular complexity index is 734. The minimum atomic E-state index is 0.319. The van der Waals surface area contributed by atoms with Crippen LogP contribution >= 0.6 is 0 Å². The van der Waals surface area contributed by atoms with Gasteiger partial charge in [0.15, 0.2) is 0 Å². The summed E-state index contributed by atoms with van der Waals surface area (Å²) in [6.45, 7) is 4.42. The molecule has 28 heavy (non-hydrogen) atoms. The third kappa shape index (κ3) is 4.04. The first-order chi connectivity index (χ1) is 13.6. The van der Waals surface area contributed by atoms with E-state index >= 15 is 0 Å². The SMILES string of the molecule is CC1CCc2c(ccc(C(=N)/C=C\NC3CCNCC3)c2OC2CCC2)N1C. The number of fused-ring (bicyclic) bond motifs is 1. The van der Waals surface area contributed by atoms with Crippen LogP contribution in [0.15, 0.2) is 24.4 Å². The summed E-state index contributed by atoms with van der Waals surface area (Å²) in [6, 6.07) is 5.31. The Kier molecular flexibility index (Phi) is 5.90. The highest BCUT2D eigenvalue weighted by molar-refractivity contribution is 6.09. The van der Waals surface area contributed by atoms with Crippen LogP contribution in [0.5, 0.6) is 5.75 Å². The summed E-state index contributed by atoms with van der Waals surface area (Å²) in [5.41, 5.74) is 4.01. The van der Waals surface area contributed by atoms with E-state index in [9.17, 15) is 0 Å². The average molecular weight is 383 g/mol. The fourth-order valence-electron chi connectivity index (χ4n) is 4.32. The highest BCUT2D eigenvalue weighted by atomic mass is 16.5. The van der Waals surface area contributed by atoms with Crippen molar-refractivity contribution < 1.29 is 4.74 Å². The van der Waals surface area contributed by atoms with Gasteiger partial charge in [-0.05, 0) is 89.4 Å². The second kappa shape index (κ2) is 8.56. The van der Waals surface area contributed by atoms with Crippen LogP contribution in [0.25, 0.3) is 0 Å². The van der Waals surface area contributed by atoms with E-state index in [-0.39, 0.29) is 0 Å². The molecule has 3 aliphatic rings. The molecular formula is C23H34N4O. The quantitative estimate of drug-likeness (QED) is 0.658. The van der Waals surface area contributed by atoms with E-state index in [0.29, 0.717) is 23.9 Å². The van der Waals surface area contributed by atoms with Gasteiger partial charge in [0, 0.05) is 35.9 Å². The summed E-state index contributed by atoms with van der Waals surface area (Å²) < 4.78 is 6.45. The Hall–Kier alpha value is -2.01. The maximum atomic E-state index is 8.68. The molecule has 1 aromatic carbocycles. The highest BCUT2D eigenvalue weighted by Crippen LogP contribution is 2.40. The molecule has 2 fully saturated rings. The molecule has 1 atom stereocenters. The van der Waals surface area contributed by atoms with Gasteiger partial charge < -0.3 is 25.7 Å². The minimum absolute atomic E-state index is 0.319. The second-order valence-electron chi connectivity index (χ2n) is 8.55. The molecule has 5 heteroatoms. The zero-order valence-corrected chi connectivity index (χ0v) is 17.3. The molecule has 5 nitrogen and oxygen atoms in total. The average Bonchev–Trinajstić information content (AvgIpc) is 2.68. The summed E-state index contributed by atoms with van der Waals surface area (Å²) in [5.74, 6) is 0.956. The van der Waals surface area contributed by atoms with Crippen molar-refractivity contribution in [3.8, 4) is 5.75 Å². The Morgan fingerprint density at radius 2 is 2.00 bits per heavy atom. The highest BCUT2D eigenvalue weighted by Gasteiger charge is 2.28. The number of hydrogen-bond donors (Lipinski definition) is 3. The summed E-state index contributed by atoms with van der Waals surface area (Å²) in [6.07, 6.45) is 12.1. The molecule has 4 rings (SSSR count). The molecule has 152 valence electrons.